The van der Waals surface area contributed by atoms with Crippen molar-refractivity contribution in [2.75, 3.05) is 5.73 Å². The number of benzene rings is 2. The highest BCUT2D eigenvalue weighted by atomic mass is 32.1. The average Bonchev–Trinajstić information content (AvgIpc) is 3.10. The standard InChI is InChI=1S/C24H20N2OS/c25-20-19-17-13-7-8-14-18(17)21(15-9-3-1-4-10-15)26-24(19)28-23(20)22(27)16-11-5-2-6-12-16/h1-6,9-12H,7-8,13-14,25H2. The Balaban J connectivity index is 1.75. The fraction of sp³-hybridized carbons (Fsp3) is 0.167. The van der Waals surface area contributed by atoms with Crippen molar-refractivity contribution in [2.45, 2.75) is 25.7 Å². The first-order valence-electron chi connectivity index (χ1n) is 9.63. The molecule has 2 aromatic heterocycles. The van der Waals surface area contributed by atoms with E-state index in [9.17, 15) is 4.79 Å². The Morgan fingerprint density at radius 1 is 0.893 bits per heavy atom. The fourth-order valence-corrected chi connectivity index (χ4v) is 5.23. The van der Waals surface area contributed by atoms with Gasteiger partial charge in [0.1, 0.15) is 9.71 Å². The lowest BCUT2D eigenvalue weighted by Crippen LogP contribution is -2.08. The Hall–Kier alpha value is -2.98. The highest BCUT2D eigenvalue weighted by Crippen LogP contribution is 2.42. The molecule has 0 bridgehead atoms. The molecule has 2 N–H and O–H groups in total. The summed E-state index contributed by atoms with van der Waals surface area (Å²) in [4.78, 5) is 19.5. The van der Waals surface area contributed by atoms with Crippen LogP contribution in [-0.4, -0.2) is 10.8 Å². The molecule has 0 atom stereocenters. The number of hydrogen-bond acceptors (Lipinski definition) is 4. The van der Waals surface area contributed by atoms with Crippen LogP contribution in [0.3, 0.4) is 0 Å². The largest absolute Gasteiger partial charge is 0.397 e. The van der Waals surface area contributed by atoms with E-state index in [2.05, 4.69) is 12.1 Å². The molecular weight excluding hydrogens is 364 g/mol. The zero-order valence-electron chi connectivity index (χ0n) is 15.4. The molecule has 2 heterocycles. The number of pyridine rings is 1. The van der Waals surface area contributed by atoms with Gasteiger partial charge in [-0.05, 0) is 36.8 Å². The van der Waals surface area contributed by atoms with Crippen LogP contribution in [0.5, 0.6) is 0 Å². The van der Waals surface area contributed by atoms with Crippen molar-refractivity contribution < 1.29 is 4.79 Å². The van der Waals surface area contributed by atoms with Crippen LogP contribution >= 0.6 is 11.3 Å². The van der Waals surface area contributed by atoms with E-state index in [0.29, 0.717) is 16.1 Å². The third-order valence-corrected chi connectivity index (χ3v) is 6.58. The average molecular weight is 385 g/mol. The number of anilines is 1. The number of hydrogen-bond donors (Lipinski definition) is 1. The van der Waals surface area contributed by atoms with Crippen molar-refractivity contribution in [3.63, 3.8) is 0 Å². The van der Waals surface area contributed by atoms with Crippen molar-refractivity contribution in [3.05, 3.63) is 82.2 Å². The number of nitrogens with zero attached hydrogens (tertiary/aromatic N) is 1. The molecule has 4 heteroatoms. The number of nitrogens with two attached hydrogens (primary N) is 1. The molecule has 0 unspecified atom stereocenters. The molecule has 1 aliphatic carbocycles. The van der Waals surface area contributed by atoms with Gasteiger partial charge in [0.15, 0.2) is 0 Å². The molecule has 28 heavy (non-hydrogen) atoms. The fourth-order valence-electron chi connectivity index (χ4n) is 4.14. The van der Waals surface area contributed by atoms with Gasteiger partial charge in [0, 0.05) is 16.5 Å². The molecule has 0 amide bonds. The molecule has 0 radical (unpaired) electrons. The normalized spacial score (nSPS) is 13.4. The number of thiophene rings is 1. The number of carbonyl (C=O) groups is 1. The lowest BCUT2D eigenvalue weighted by atomic mass is 9.87. The third-order valence-electron chi connectivity index (χ3n) is 5.48. The smallest absolute Gasteiger partial charge is 0.205 e. The lowest BCUT2D eigenvalue weighted by molar-refractivity contribution is 0.104. The zero-order valence-corrected chi connectivity index (χ0v) is 16.3. The van der Waals surface area contributed by atoms with E-state index in [1.165, 1.54) is 28.9 Å². The number of rotatable bonds is 3. The van der Waals surface area contributed by atoms with E-state index >= 15 is 0 Å². The summed E-state index contributed by atoms with van der Waals surface area (Å²) in [6.07, 6.45) is 4.32. The van der Waals surface area contributed by atoms with E-state index in [1.807, 2.05) is 48.5 Å². The summed E-state index contributed by atoms with van der Waals surface area (Å²) in [6, 6.07) is 19.7. The lowest BCUT2D eigenvalue weighted by Gasteiger charge is -2.20. The second-order valence-electron chi connectivity index (χ2n) is 7.21. The maximum absolute atomic E-state index is 13.1. The van der Waals surface area contributed by atoms with Crippen LogP contribution in [0.15, 0.2) is 60.7 Å². The van der Waals surface area contributed by atoms with Crippen LogP contribution in [0, 0.1) is 0 Å². The predicted molar refractivity (Wildman–Crippen MR) is 116 cm³/mol. The number of aromatic nitrogens is 1. The van der Waals surface area contributed by atoms with E-state index in [-0.39, 0.29) is 5.78 Å². The van der Waals surface area contributed by atoms with Gasteiger partial charge in [-0.15, -0.1) is 11.3 Å². The van der Waals surface area contributed by atoms with Crippen molar-refractivity contribution in [1.29, 1.82) is 0 Å². The third kappa shape index (κ3) is 2.72. The zero-order chi connectivity index (χ0) is 19.1. The molecule has 0 saturated carbocycles. The van der Waals surface area contributed by atoms with Crippen LogP contribution in [-0.2, 0) is 12.8 Å². The van der Waals surface area contributed by atoms with Gasteiger partial charge in [-0.25, -0.2) is 4.98 Å². The first-order chi connectivity index (χ1) is 13.7. The molecule has 0 saturated heterocycles. The quantitative estimate of drug-likeness (QED) is 0.464. The van der Waals surface area contributed by atoms with Crippen molar-refractivity contribution in [2.24, 2.45) is 0 Å². The minimum Gasteiger partial charge on any atom is -0.397 e. The van der Waals surface area contributed by atoms with Gasteiger partial charge >= 0.3 is 0 Å². The van der Waals surface area contributed by atoms with Gasteiger partial charge in [-0.1, -0.05) is 60.7 Å². The van der Waals surface area contributed by atoms with Crippen LogP contribution in [0.2, 0.25) is 0 Å². The van der Waals surface area contributed by atoms with E-state index in [0.717, 1.165) is 40.7 Å². The van der Waals surface area contributed by atoms with Crippen molar-refractivity contribution in [1.82, 2.24) is 4.98 Å². The Labute approximate surface area is 167 Å². The minimum absolute atomic E-state index is 0.0214. The van der Waals surface area contributed by atoms with Crippen molar-refractivity contribution >= 4 is 33.0 Å². The number of fused-ring (bicyclic) bond motifs is 3. The van der Waals surface area contributed by atoms with Crippen LogP contribution in [0.25, 0.3) is 21.5 Å². The molecule has 5 rings (SSSR count). The predicted octanol–water partition coefficient (Wildman–Crippen LogP) is 5.66. The first kappa shape index (κ1) is 17.1. The van der Waals surface area contributed by atoms with Crippen LogP contribution < -0.4 is 5.73 Å². The summed E-state index contributed by atoms with van der Waals surface area (Å²) in [5, 5.41) is 0.999. The number of ketones is 1. The van der Waals surface area contributed by atoms with Gasteiger partial charge in [-0.2, -0.15) is 0 Å². The SMILES string of the molecule is Nc1c(C(=O)c2ccccc2)sc2nc(-c3ccccc3)c3c(c12)CCCC3. The van der Waals surface area contributed by atoms with Gasteiger partial charge in [0.05, 0.1) is 11.4 Å². The minimum atomic E-state index is -0.0214. The monoisotopic (exact) mass is 384 g/mol. The topological polar surface area (TPSA) is 56.0 Å². The number of carbonyl (C=O) groups excluding carboxylic acids is 1. The summed E-state index contributed by atoms with van der Waals surface area (Å²) >= 11 is 1.42. The summed E-state index contributed by atoms with van der Waals surface area (Å²) < 4.78 is 0. The Bertz CT molecular complexity index is 1180. The van der Waals surface area contributed by atoms with Gasteiger partial charge in [0.2, 0.25) is 5.78 Å². The number of aryl methyl sites for hydroxylation is 1. The maximum Gasteiger partial charge on any atom is 0.205 e. The highest BCUT2D eigenvalue weighted by molar-refractivity contribution is 7.21. The molecular formula is C24H20N2OS. The van der Waals surface area contributed by atoms with E-state index in [1.54, 1.807) is 0 Å². The Morgan fingerprint density at radius 3 is 2.25 bits per heavy atom. The van der Waals surface area contributed by atoms with Crippen LogP contribution in [0.4, 0.5) is 5.69 Å². The van der Waals surface area contributed by atoms with Gasteiger partial charge in [0.25, 0.3) is 0 Å². The Morgan fingerprint density at radius 2 is 1.54 bits per heavy atom. The highest BCUT2D eigenvalue weighted by Gasteiger charge is 2.25. The molecule has 0 aliphatic heterocycles. The summed E-state index contributed by atoms with van der Waals surface area (Å²) in [7, 11) is 0. The second-order valence-corrected chi connectivity index (χ2v) is 8.21. The molecule has 1 aliphatic rings. The first-order valence-corrected chi connectivity index (χ1v) is 10.4. The molecule has 138 valence electrons. The second kappa shape index (κ2) is 6.88. The van der Waals surface area contributed by atoms with Gasteiger partial charge < -0.3 is 5.73 Å². The Kier molecular flexibility index (Phi) is 4.21. The van der Waals surface area contributed by atoms with E-state index in [4.69, 9.17) is 10.7 Å². The summed E-state index contributed by atoms with van der Waals surface area (Å²) in [6.45, 7) is 0. The molecule has 3 nitrogen and oxygen atoms in total. The van der Waals surface area contributed by atoms with Crippen LogP contribution in [0.1, 0.15) is 39.2 Å². The molecule has 0 fully saturated rings. The van der Waals surface area contributed by atoms with E-state index < -0.39 is 0 Å². The number of nitrogen functional groups attached to an aromatic ring is 1. The summed E-state index contributed by atoms with van der Waals surface area (Å²) in [5.41, 5.74) is 12.6. The molecule has 0 spiro atoms. The molecule has 4 aromatic rings. The maximum atomic E-state index is 13.1. The molecule has 2 aromatic carbocycles. The summed E-state index contributed by atoms with van der Waals surface area (Å²) in [5.74, 6) is -0.0214. The van der Waals surface area contributed by atoms with Crippen molar-refractivity contribution in [3.8, 4) is 11.3 Å². The van der Waals surface area contributed by atoms with Gasteiger partial charge in [-0.3, -0.25) is 4.79 Å².